The van der Waals surface area contributed by atoms with E-state index in [1.54, 1.807) is 0 Å². The van der Waals surface area contributed by atoms with Crippen molar-refractivity contribution in [1.29, 1.82) is 0 Å². The second kappa shape index (κ2) is 5.67. The van der Waals surface area contributed by atoms with Crippen molar-refractivity contribution >= 4 is 5.91 Å². The molecule has 0 bridgehead atoms. The van der Waals surface area contributed by atoms with E-state index in [9.17, 15) is 4.79 Å². The van der Waals surface area contributed by atoms with Crippen molar-refractivity contribution in [2.45, 2.75) is 58.9 Å². The van der Waals surface area contributed by atoms with E-state index in [4.69, 9.17) is 5.73 Å². The zero-order valence-corrected chi connectivity index (χ0v) is 10.9. The van der Waals surface area contributed by atoms with Crippen LogP contribution in [0.3, 0.4) is 0 Å². The molecule has 2 unspecified atom stereocenters. The Morgan fingerprint density at radius 3 is 2.44 bits per heavy atom. The van der Waals surface area contributed by atoms with Gasteiger partial charge in [-0.05, 0) is 37.6 Å². The van der Waals surface area contributed by atoms with Gasteiger partial charge in [0.25, 0.3) is 0 Å². The van der Waals surface area contributed by atoms with Gasteiger partial charge < -0.3 is 11.1 Å². The molecule has 0 radical (unpaired) electrons. The molecular formula is C13H26N2O. The number of nitrogens with one attached hydrogen (secondary N) is 1. The lowest BCUT2D eigenvalue weighted by Gasteiger charge is -2.40. The summed E-state index contributed by atoms with van der Waals surface area (Å²) in [6.07, 6.45) is 5.18. The van der Waals surface area contributed by atoms with Gasteiger partial charge in [0.2, 0.25) is 5.91 Å². The van der Waals surface area contributed by atoms with Gasteiger partial charge in [-0.3, -0.25) is 4.79 Å². The van der Waals surface area contributed by atoms with Gasteiger partial charge in [-0.1, -0.05) is 26.7 Å². The average Bonchev–Trinajstić information content (AvgIpc) is 2.22. The van der Waals surface area contributed by atoms with Gasteiger partial charge in [-0.25, -0.2) is 0 Å². The van der Waals surface area contributed by atoms with E-state index in [1.807, 2.05) is 0 Å². The monoisotopic (exact) mass is 226 g/mol. The lowest BCUT2D eigenvalue weighted by Crippen LogP contribution is -2.44. The summed E-state index contributed by atoms with van der Waals surface area (Å²) in [6.45, 7) is 7.06. The number of hydrogen-bond acceptors (Lipinski definition) is 2. The molecule has 3 N–H and O–H groups in total. The smallest absolute Gasteiger partial charge is 0.220 e. The average molecular weight is 226 g/mol. The molecule has 1 amide bonds. The summed E-state index contributed by atoms with van der Waals surface area (Å²) in [6, 6.07) is 0.271. The van der Waals surface area contributed by atoms with E-state index < -0.39 is 0 Å². The first-order chi connectivity index (χ1) is 7.53. The zero-order valence-electron chi connectivity index (χ0n) is 10.9. The summed E-state index contributed by atoms with van der Waals surface area (Å²) in [7, 11) is 0. The van der Waals surface area contributed by atoms with Gasteiger partial charge in [-0.15, -0.1) is 0 Å². The number of amides is 1. The molecule has 1 fully saturated rings. The minimum atomic E-state index is 0.124. The fourth-order valence-corrected chi connectivity index (χ4v) is 2.27. The highest BCUT2D eigenvalue weighted by Gasteiger charge is 2.37. The van der Waals surface area contributed by atoms with Crippen LogP contribution in [0.2, 0.25) is 0 Å². The topological polar surface area (TPSA) is 55.1 Å². The van der Waals surface area contributed by atoms with E-state index in [2.05, 4.69) is 26.1 Å². The Bertz CT molecular complexity index is 231. The lowest BCUT2D eigenvalue weighted by atomic mass is 9.66. The molecule has 1 rings (SSSR count). The van der Waals surface area contributed by atoms with E-state index in [0.29, 0.717) is 18.9 Å². The van der Waals surface area contributed by atoms with Crippen molar-refractivity contribution in [1.82, 2.24) is 5.32 Å². The van der Waals surface area contributed by atoms with Crippen molar-refractivity contribution in [2.75, 3.05) is 6.54 Å². The first-order valence-electron chi connectivity index (χ1n) is 6.52. The van der Waals surface area contributed by atoms with E-state index in [0.717, 1.165) is 19.3 Å². The summed E-state index contributed by atoms with van der Waals surface area (Å²) in [5.74, 6) is 0.720. The molecule has 1 aliphatic rings. The van der Waals surface area contributed by atoms with Crippen LogP contribution in [-0.2, 0) is 4.79 Å². The molecule has 0 spiro atoms. The molecule has 1 aliphatic carbocycles. The number of carbonyl (C=O) groups excluding carboxylic acids is 1. The van der Waals surface area contributed by atoms with Crippen molar-refractivity contribution in [3.63, 3.8) is 0 Å². The van der Waals surface area contributed by atoms with Gasteiger partial charge in [-0.2, -0.15) is 0 Å². The zero-order chi connectivity index (χ0) is 12.2. The third kappa shape index (κ3) is 3.21. The minimum Gasteiger partial charge on any atom is -0.353 e. The lowest BCUT2D eigenvalue weighted by molar-refractivity contribution is -0.125. The third-order valence-electron chi connectivity index (χ3n) is 4.27. The van der Waals surface area contributed by atoms with E-state index in [1.165, 1.54) is 6.42 Å². The van der Waals surface area contributed by atoms with Crippen molar-refractivity contribution < 1.29 is 4.79 Å². The molecule has 0 aromatic carbocycles. The molecule has 0 heterocycles. The van der Waals surface area contributed by atoms with Gasteiger partial charge in [0.1, 0.15) is 0 Å². The molecule has 0 aromatic heterocycles. The highest BCUT2D eigenvalue weighted by Crippen LogP contribution is 2.42. The van der Waals surface area contributed by atoms with Crippen LogP contribution in [0.1, 0.15) is 52.9 Å². The first kappa shape index (κ1) is 13.5. The van der Waals surface area contributed by atoms with Crippen molar-refractivity contribution in [2.24, 2.45) is 17.1 Å². The summed E-state index contributed by atoms with van der Waals surface area (Å²) >= 11 is 0. The Hall–Kier alpha value is -0.570. The van der Waals surface area contributed by atoms with Crippen molar-refractivity contribution in [3.05, 3.63) is 0 Å². The second-order valence-electron chi connectivity index (χ2n) is 5.48. The SMILES string of the molecule is CCC(C)C(C)NC(=O)CC1(CN)CCC1. The molecule has 16 heavy (non-hydrogen) atoms. The summed E-state index contributed by atoms with van der Waals surface area (Å²) in [5.41, 5.74) is 5.88. The van der Waals surface area contributed by atoms with Gasteiger partial charge in [0, 0.05) is 12.5 Å². The molecule has 1 saturated carbocycles. The third-order valence-corrected chi connectivity index (χ3v) is 4.27. The first-order valence-corrected chi connectivity index (χ1v) is 6.52. The van der Waals surface area contributed by atoms with Gasteiger partial charge in [0.15, 0.2) is 0 Å². The van der Waals surface area contributed by atoms with Crippen LogP contribution in [-0.4, -0.2) is 18.5 Å². The molecule has 0 aromatic rings. The number of rotatable bonds is 6. The van der Waals surface area contributed by atoms with Crippen molar-refractivity contribution in [3.8, 4) is 0 Å². The molecule has 0 aliphatic heterocycles. The quantitative estimate of drug-likeness (QED) is 0.728. The minimum absolute atomic E-state index is 0.124. The summed E-state index contributed by atoms with van der Waals surface area (Å²) in [5, 5.41) is 3.09. The maximum atomic E-state index is 11.9. The Kier molecular flexibility index (Phi) is 4.78. The molecular weight excluding hydrogens is 200 g/mol. The van der Waals surface area contributed by atoms with Crippen LogP contribution in [0.25, 0.3) is 0 Å². The largest absolute Gasteiger partial charge is 0.353 e. The second-order valence-corrected chi connectivity index (χ2v) is 5.48. The normalized spacial score (nSPS) is 22.0. The van der Waals surface area contributed by atoms with E-state index >= 15 is 0 Å². The van der Waals surface area contributed by atoms with Gasteiger partial charge in [0.05, 0.1) is 0 Å². The summed E-state index contributed by atoms with van der Waals surface area (Å²) < 4.78 is 0. The van der Waals surface area contributed by atoms with Crippen LogP contribution in [0, 0.1) is 11.3 Å². The van der Waals surface area contributed by atoms with Crippen LogP contribution in [0.5, 0.6) is 0 Å². The number of hydrogen-bond donors (Lipinski definition) is 2. The Morgan fingerprint density at radius 1 is 1.44 bits per heavy atom. The molecule has 3 nitrogen and oxygen atoms in total. The molecule has 94 valence electrons. The predicted molar refractivity (Wildman–Crippen MR) is 67.0 cm³/mol. The predicted octanol–water partition coefficient (Wildman–Crippen LogP) is 2.06. The molecule has 2 atom stereocenters. The number of carbonyl (C=O) groups is 1. The highest BCUT2D eigenvalue weighted by atomic mass is 16.1. The van der Waals surface area contributed by atoms with Crippen LogP contribution >= 0.6 is 0 Å². The Balaban J connectivity index is 2.35. The van der Waals surface area contributed by atoms with Crippen LogP contribution in [0.15, 0.2) is 0 Å². The maximum Gasteiger partial charge on any atom is 0.220 e. The Labute approximate surface area is 99.2 Å². The maximum absolute atomic E-state index is 11.9. The summed E-state index contributed by atoms with van der Waals surface area (Å²) in [4.78, 5) is 11.9. The Morgan fingerprint density at radius 2 is 2.06 bits per heavy atom. The highest BCUT2D eigenvalue weighted by molar-refractivity contribution is 5.77. The fraction of sp³-hybridized carbons (Fsp3) is 0.923. The fourth-order valence-electron chi connectivity index (χ4n) is 2.27. The standard InChI is InChI=1S/C13H26N2O/c1-4-10(2)11(3)15-12(16)8-13(9-14)6-5-7-13/h10-11H,4-9,14H2,1-3H3,(H,15,16). The van der Waals surface area contributed by atoms with Crippen LogP contribution < -0.4 is 11.1 Å². The number of nitrogens with two attached hydrogens (primary N) is 1. The van der Waals surface area contributed by atoms with Gasteiger partial charge >= 0.3 is 0 Å². The van der Waals surface area contributed by atoms with E-state index in [-0.39, 0.29) is 17.4 Å². The molecule has 3 heteroatoms. The molecule has 0 saturated heterocycles. The van der Waals surface area contributed by atoms with Crippen LogP contribution in [0.4, 0.5) is 0 Å².